The highest BCUT2D eigenvalue weighted by molar-refractivity contribution is 5.77. The van der Waals surface area contributed by atoms with Gasteiger partial charge in [-0.1, -0.05) is 20.8 Å². The van der Waals surface area contributed by atoms with E-state index in [1.807, 2.05) is 14.0 Å². The molecule has 0 aliphatic carbocycles. The summed E-state index contributed by atoms with van der Waals surface area (Å²) in [5.41, 5.74) is 0. The van der Waals surface area contributed by atoms with Crippen molar-refractivity contribution in [2.45, 2.75) is 40.2 Å². The van der Waals surface area contributed by atoms with Crippen molar-refractivity contribution in [3.8, 4) is 0 Å². The number of nitrogens with zero attached hydrogens (tertiary/aromatic N) is 1. The Balaban J connectivity index is 3.85. The van der Waals surface area contributed by atoms with Gasteiger partial charge in [-0.3, -0.25) is 4.79 Å². The maximum Gasteiger partial charge on any atom is 0.236 e. The molecule has 0 rings (SSSR count). The van der Waals surface area contributed by atoms with E-state index < -0.39 is 0 Å². The normalized spacial score (nSPS) is 13.0. The average Bonchev–Trinajstić information content (AvgIpc) is 2.16. The number of amides is 1. The molecule has 0 heterocycles. The summed E-state index contributed by atoms with van der Waals surface area (Å²) in [4.78, 5) is 13.2. The molecule has 84 valence electrons. The van der Waals surface area contributed by atoms with E-state index in [-0.39, 0.29) is 5.91 Å². The van der Waals surface area contributed by atoms with E-state index >= 15 is 0 Å². The summed E-state index contributed by atoms with van der Waals surface area (Å²) in [7, 11) is 1.83. The van der Waals surface area contributed by atoms with Crippen LogP contribution in [0, 0.1) is 5.92 Å². The standard InChI is InChI=1S/C11H24N2O/c1-6-10(9(3)4)12-8-11(14)13(5)7-2/h9-10,12H,6-8H2,1-5H3. The minimum absolute atomic E-state index is 0.173. The third kappa shape index (κ3) is 4.61. The van der Waals surface area contributed by atoms with Gasteiger partial charge in [-0.05, 0) is 19.3 Å². The molecule has 0 aromatic heterocycles. The first-order valence-electron chi connectivity index (χ1n) is 5.50. The minimum Gasteiger partial charge on any atom is -0.345 e. The van der Waals surface area contributed by atoms with E-state index in [2.05, 4.69) is 26.1 Å². The van der Waals surface area contributed by atoms with Crippen molar-refractivity contribution in [2.75, 3.05) is 20.1 Å². The van der Waals surface area contributed by atoms with Crippen molar-refractivity contribution in [1.82, 2.24) is 10.2 Å². The Morgan fingerprint density at radius 2 is 1.93 bits per heavy atom. The molecule has 1 atom stereocenters. The fraction of sp³-hybridized carbons (Fsp3) is 0.909. The number of hydrogen-bond donors (Lipinski definition) is 1. The van der Waals surface area contributed by atoms with E-state index in [1.165, 1.54) is 0 Å². The third-order valence-corrected chi connectivity index (χ3v) is 2.66. The van der Waals surface area contributed by atoms with Gasteiger partial charge < -0.3 is 10.2 Å². The summed E-state index contributed by atoms with van der Waals surface area (Å²) in [6, 6.07) is 0.448. The highest BCUT2D eigenvalue weighted by Crippen LogP contribution is 2.04. The van der Waals surface area contributed by atoms with Gasteiger partial charge in [0.15, 0.2) is 0 Å². The molecule has 0 saturated carbocycles. The van der Waals surface area contributed by atoms with Gasteiger partial charge in [0, 0.05) is 19.6 Å². The Bertz CT molecular complexity index is 169. The van der Waals surface area contributed by atoms with Crippen LogP contribution < -0.4 is 5.32 Å². The maximum atomic E-state index is 11.5. The summed E-state index contributed by atoms with van der Waals surface area (Å²) < 4.78 is 0. The molecular formula is C11H24N2O. The van der Waals surface area contributed by atoms with Gasteiger partial charge >= 0.3 is 0 Å². The molecule has 0 aliphatic rings. The second-order valence-corrected chi connectivity index (χ2v) is 4.05. The molecule has 0 spiro atoms. The molecule has 1 N–H and O–H groups in total. The first-order chi connectivity index (χ1) is 6.52. The molecular weight excluding hydrogens is 176 g/mol. The van der Waals surface area contributed by atoms with E-state index in [0.717, 1.165) is 13.0 Å². The van der Waals surface area contributed by atoms with Crippen LogP contribution >= 0.6 is 0 Å². The summed E-state index contributed by atoms with van der Waals surface area (Å²) in [6.07, 6.45) is 1.07. The molecule has 0 fully saturated rings. The van der Waals surface area contributed by atoms with E-state index in [1.54, 1.807) is 4.90 Å². The third-order valence-electron chi connectivity index (χ3n) is 2.66. The van der Waals surface area contributed by atoms with Crippen LogP contribution in [0.5, 0.6) is 0 Å². The molecule has 3 nitrogen and oxygen atoms in total. The number of nitrogens with one attached hydrogen (secondary N) is 1. The Morgan fingerprint density at radius 3 is 2.29 bits per heavy atom. The molecule has 14 heavy (non-hydrogen) atoms. The quantitative estimate of drug-likeness (QED) is 0.704. The predicted octanol–water partition coefficient (Wildman–Crippen LogP) is 1.49. The SMILES string of the molecule is CCC(NCC(=O)N(C)CC)C(C)C. The predicted molar refractivity (Wildman–Crippen MR) is 60.2 cm³/mol. The highest BCUT2D eigenvalue weighted by Gasteiger charge is 2.13. The van der Waals surface area contributed by atoms with Crippen LogP contribution in [0.15, 0.2) is 0 Å². The van der Waals surface area contributed by atoms with Gasteiger partial charge in [-0.15, -0.1) is 0 Å². The fourth-order valence-corrected chi connectivity index (χ4v) is 1.38. The lowest BCUT2D eigenvalue weighted by Gasteiger charge is -2.22. The number of hydrogen-bond acceptors (Lipinski definition) is 2. The van der Waals surface area contributed by atoms with Crippen molar-refractivity contribution in [1.29, 1.82) is 0 Å². The fourth-order valence-electron chi connectivity index (χ4n) is 1.38. The van der Waals surface area contributed by atoms with Crippen LogP contribution in [0.2, 0.25) is 0 Å². The van der Waals surface area contributed by atoms with E-state index in [0.29, 0.717) is 18.5 Å². The van der Waals surface area contributed by atoms with Crippen LogP contribution in [0.3, 0.4) is 0 Å². The molecule has 1 unspecified atom stereocenters. The van der Waals surface area contributed by atoms with Gasteiger partial charge in [-0.2, -0.15) is 0 Å². The lowest BCUT2D eigenvalue weighted by molar-refractivity contribution is -0.128. The van der Waals surface area contributed by atoms with Gasteiger partial charge in [0.25, 0.3) is 0 Å². The van der Waals surface area contributed by atoms with Crippen LogP contribution in [0.1, 0.15) is 34.1 Å². The second-order valence-electron chi connectivity index (χ2n) is 4.05. The Morgan fingerprint density at radius 1 is 1.36 bits per heavy atom. The van der Waals surface area contributed by atoms with Crippen LogP contribution in [0.4, 0.5) is 0 Å². The van der Waals surface area contributed by atoms with Crippen LogP contribution in [-0.2, 0) is 4.79 Å². The molecule has 0 radical (unpaired) electrons. The largest absolute Gasteiger partial charge is 0.345 e. The summed E-state index contributed by atoms with van der Waals surface area (Å²) in [6.45, 7) is 9.72. The number of carbonyl (C=O) groups excluding carboxylic acids is 1. The molecule has 0 bridgehead atoms. The lowest BCUT2D eigenvalue weighted by Crippen LogP contribution is -2.41. The van der Waals surface area contributed by atoms with Gasteiger partial charge in [0.2, 0.25) is 5.91 Å². The van der Waals surface area contributed by atoms with Crippen LogP contribution in [-0.4, -0.2) is 37.0 Å². The zero-order chi connectivity index (χ0) is 11.1. The van der Waals surface area contributed by atoms with Crippen molar-refractivity contribution in [3.05, 3.63) is 0 Å². The average molecular weight is 200 g/mol. The number of likely N-dealkylation sites (N-methyl/N-ethyl adjacent to an activating group) is 1. The zero-order valence-electron chi connectivity index (χ0n) is 10.1. The summed E-state index contributed by atoms with van der Waals surface area (Å²) >= 11 is 0. The lowest BCUT2D eigenvalue weighted by atomic mass is 10.0. The van der Waals surface area contributed by atoms with Crippen molar-refractivity contribution >= 4 is 5.91 Å². The molecule has 0 aromatic rings. The monoisotopic (exact) mass is 200 g/mol. The molecule has 0 saturated heterocycles. The molecule has 3 heteroatoms. The van der Waals surface area contributed by atoms with Crippen molar-refractivity contribution < 1.29 is 4.79 Å². The van der Waals surface area contributed by atoms with E-state index in [9.17, 15) is 4.79 Å². The first kappa shape index (κ1) is 13.4. The minimum atomic E-state index is 0.173. The highest BCUT2D eigenvalue weighted by atomic mass is 16.2. The summed E-state index contributed by atoms with van der Waals surface area (Å²) in [5.74, 6) is 0.756. The van der Waals surface area contributed by atoms with Gasteiger partial charge in [-0.25, -0.2) is 0 Å². The zero-order valence-corrected chi connectivity index (χ0v) is 10.1. The van der Waals surface area contributed by atoms with Gasteiger partial charge in [0.05, 0.1) is 6.54 Å². The second kappa shape index (κ2) is 6.82. The Labute approximate surface area is 87.9 Å². The van der Waals surface area contributed by atoms with Crippen molar-refractivity contribution in [3.63, 3.8) is 0 Å². The van der Waals surface area contributed by atoms with E-state index in [4.69, 9.17) is 0 Å². The van der Waals surface area contributed by atoms with Crippen molar-refractivity contribution in [2.24, 2.45) is 5.92 Å². The van der Waals surface area contributed by atoms with Crippen LogP contribution in [0.25, 0.3) is 0 Å². The molecule has 0 aromatic carbocycles. The first-order valence-corrected chi connectivity index (χ1v) is 5.50. The Hall–Kier alpha value is -0.570. The number of rotatable bonds is 6. The topological polar surface area (TPSA) is 32.3 Å². The van der Waals surface area contributed by atoms with Gasteiger partial charge in [0.1, 0.15) is 0 Å². The Kier molecular flexibility index (Phi) is 6.54. The smallest absolute Gasteiger partial charge is 0.236 e. The summed E-state index contributed by atoms with van der Waals surface area (Å²) in [5, 5.41) is 3.29. The molecule has 1 amide bonds. The molecule has 0 aliphatic heterocycles. The maximum absolute atomic E-state index is 11.5. The number of carbonyl (C=O) groups is 1.